The van der Waals surface area contributed by atoms with Gasteiger partial charge in [0.05, 0.1) is 0 Å². The van der Waals surface area contributed by atoms with Gasteiger partial charge in [-0.1, -0.05) is 0 Å². The normalized spacial score (nSPS) is 13.8. The van der Waals surface area contributed by atoms with Crippen molar-refractivity contribution in [3.8, 4) is 0 Å². The molecule has 90 valence electrons. The molecule has 6 heteroatoms. The molecule has 1 rings (SSSR count). The molecule has 1 atom stereocenters. The highest BCUT2D eigenvalue weighted by molar-refractivity contribution is 7.90. The van der Waals surface area contributed by atoms with Crippen LogP contribution in [0.1, 0.15) is 34.9 Å². The van der Waals surface area contributed by atoms with Gasteiger partial charge in [-0.25, -0.2) is 18.4 Å². The second-order valence-corrected chi connectivity index (χ2v) is 6.27. The molecular weight excluding hydrogens is 226 g/mol. The first-order chi connectivity index (χ1) is 7.27. The summed E-state index contributed by atoms with van der Waals surface area (Å²) in [7, 11) is -3.17. The van der Waals surface area contributed by atoms with E-state index >= 15 is 0 Å². The summed E-state index contributed by atoms with van der Waals surface area (Å²) < 4.78 is 22.8. The van der Waals surface area contributed by atoms with Crippen molar-refractivity contribution in [1.29, 1.82) is 0 Å². The zero-order chi connectivity index (χ0) is 12.5. The molecule has 1 aromatic heterocycles. The Morgan fingerprint density at radius 2 is 1.69 bits per heavy atom. The number of hydrogen-bond donors (Lipinski definition) is 1. The van der Waals surface area contributed by atoms with Crippen LogP contribution in [0.4, 0.5) is 0 Å². The maximum atomic E-state index is 11.4. The van der Waals surface area contributed by atoms with Gasteiger partial charge in [0.2, 0.25) is 0 Å². The molecule has 1 heterocycles. The number of sulfone groups is 1. The predicted molar refractivity (Wildman–Crippen MR) is 62.7 cm³/mol. The highest BCUT2D eigenvalue weighted by Crippen LogP contribution is 2.19. The summed E-state index contributed by atoms with van der Waals surface area (Å²) >= 11 is 0. The Morgan fingerprint density at radius 1 is 1.25 bits per heavy atom. The molecule has 0 bridgehead atoms. The molecule has 0 aromatic carbocycles. The lowest BCUT2D eigenvalue weighted by Gasteiger charge is -2.12. The topological polar surface area (TPSA) is 85.9 Å². The molecule has 16 heavy (non-hydrogen) atoms. The van der Waals surface area contributed by atoms with Gasteiger partial charge in [0.1, 0.15) is 11.1 Å². The Bertz CT molecular complexity index is 474. The smallest absolute Gasteiger partial charge is 0.157 e. The Balaban J connectivity index is 3.29. The van der Waals surface area contributed by atoms with Crippen molar-refractivity contribution in [3.63, 3.8) is 0 Å². The van der Waals surface area contributed by atoms with Crippen molar-refractivity contribution < 1.29 is 8.42 Å². The first kappa shape index (κ1) is 13.1. The Labute approximate surface area is 96.0 Å². The van der Waals surface area contributed by atoms with E-state index in [1.807, 2.05) is 13.8 Å². The lowest BCUT2D eigenvalue weighted by Crippen LogP contribution is -2.15. The highest BCUT2D eigenvalue weighted by atomic mass is 32.2. The van der Waals surface area contributed by atoms with Crippen molar-refractivity contribution in [3.05, 3.63) is 22.8 Å². The second kappa shape index (κ2) is 4.47. The van der Waals surface area contributed by atoms with Crippen molar-refractivity contribution >= 4 is 9.84 Å². The van der Waals surface area contributed by atoms with Crippen LogP contribution in [0.25, 0.3) is 0 Å². The predicted octanol–water partition coefficient (Wildman–Crippen LogP) is 0.658. The fourth-order valence-corrected chi connectivity index (χ4v) is 1.92. The largest absolute Gasteiger partial charge is 0.326 e. The first-order valence-corrected chi connectivity index (χ1v) is 6.95. The van der Waals surface area contributed by atoms with E-state index in [9.17, 15) is 8.42 Å². The van der Waals surface area contributed by atoms with Crippen LogP contribution in [0.3, 0.4) is 0 Å². The monoisotopic (exact) mass is 243 g/mol. The summed E-state index contributed by atoms with van der Waals surface area (Å²) in [6, 6.07) is 0. The summed E-state index contributed by atoms with van der Waals surface area (Å²) in [6.45, 7) is 5.58. The van der Waals surface area contributed by atoms with Gasteiger partial charge in [0.15, 0.2) is 9.84 Å². The average molecular weight is 243 g/mol. The van der Waals surface area contributed by atoms with Crippen LogP contribution in [0, 0.1) is 13.8 Å². The number of rotatable bonds is 3. The lowest BCUT2D eigenvalue weighted by molar-refractivity contribution is 0.588. The average Bonchev–Trinajstić information content (AvgIpc) is 2.14. The van der Waals surface area contributed by atoms with Crippen LogP contribution in [0.15, 0.2) is 0 Å². The van der Waals surface area contributed by atoms with E-state index < -0.39 is 15.1 Å². The maximum absolute atomic E-state index is 11.4. The molecule has 0 fully saturated rings. The van der Waals surface area contributed by atoms with Crippen molar-refractivity contribution in [1.82, 2.24) is 9.97 Å². The van der Waals surface area contributed by atoms with E-state index in [1.54, 1.807) is 6.92 Å². The van der Waals surface area contributed by atoms with Gasteiger partial charge in [0, 0.05) is 29.8 Å². The zero-order valence-corrected chi connectivity index (χ0v) is 10.8. The molecule has 0 aliphatic heterocycles. The lowest BCUT2D eigenvalue weighted by atomic mass is 10.1. The fourth-order valence-electron chi connectivity index (χ4n) is 1.43. The van der Waals surface area contributed by atoms with Crippen LogP contribution >= 0.6 is 0 Å². The molecule has 1 unspecified atom stereocenters. The number of nitrogens with zero attached hydrogens (tertiary/aromatic N) is 2. The summed E-state index contributed by atoms with van der Waals surface area (Å²) in [5.74, 6) is 0.342. The molecule has 0 aliphatic rings. The SMILES string of the molecule is Cc1nc(C(C)S(C)(=O)=O)nc(C)c1CN. The Kier molecular flexibility index (Phi) is 3.64. The van der Waals surface area contributed by atoms with Crippen molar-refractivity contribution in [2.45, 2.75) is 32.6 Å². The molecule has 0 radical (unpaired) electrons. The van der Waals surface area contributed by atoms with Crippen LogP contribution in [0.5, 0.6) is 0 Å². The van der Waals surface area contributed by atoms with Crippen LogP contribution in [-0.4, -0.2) is 24.6 Å². The van der Waals surface area contributed by atoms with Gasteiger partial charge in [0.25, 0.3) is 0 Å². The molecule has 1 aromatic rings. The van der Waals surface area contributed by atoms with Crippen LogP contribution in [-0.2, 0) is 16.4 Å². The van der Waals surface area contributed by atoms with Gasteiger partial charge in [-0.15, -0.1) is 0 Å². The molecule has 2 N–H and O–H groups in total. The second-order valence-electron chi connectivity index (χ2n) is 3.91. The van der Waals surface area contributed by atoms with Gasteiger partial charge in [-0.05, 0) is 20.8 Å². The van der Waals surface area contributed by atoms with E-state index in [0.717, 1.165) is 17.0 Å². The van der Waals surface area contributed by atoms with Crippen LogP contribution in [0.2, 0.25) is 0 Å². The van der Waals surface area contributed by atoms with Gasteiger partial charge in [-0.2, -0.15) is 0 Å². The molecule has 0 spiro atoms. The van der Waals surface area contributed by atoms with Crippen LogP contribution < -0.4 is 5.73 Å². The third-order valence-electron chi connectivity index (χ3n) is 2.65. The Morgan fingerprint density at radius 3 is 2.00 bits per heavy atom. The number of aryl methyl sites for hydroxylation is 2. The first-order valence-electron chi connectivity index (χ1n) is 5.00. The maximum Gasteiger partial charge on any atom is 0.157 e. The standard InChI is InChI=1S/C10H17N3O2S/c1-6-9(5-11)7(2)13-10(12-6)8(3)16(4,14)15/h8H,5,11H2,1-4H3. The van der Waals surface area contributed by atoms with Gasteiger partial charge < -0.3 is 5.73 Å². The van der Waals surface area contributed by atoms with Gasteiger partial charge >= 0.3 is 0 Å². The fraction of sp³-hybridized carbons (Fsp3) is 0.600. The third kappa shape index (κ3) is 2.56. The Hall–Kier alpha value is -1.01. The highest BCUT2D eigenvalue weighted by Gasteiger charge is 2.21. The molecular formula is C10H17N3O2S. The van der Waals surface area contributed by atoms with E-state index in [0.29, 0.717) is 12.4 Å². The van der Waals surface area contributed by atoms with Crippen molar-refractivity contribution in [2.24, 2.45) is 5.73 Å². The van der Waals surface area contributed by atoms with E-state index in [2.05, 4.69) is 9.97 Å². The molecule has 0 amide bonds. The number of hydrogen-bond acceptors (Lipinski definition) is 5. The zero-order valence-electron chi connectivity index (χ0n) is 9.98. The van der Waals surface area contributed by atoms with E-state index in [-0.39, 0.29) is 0 Å². The minimum absolute atomic E-state index is 0.342. The number of nitrogens with two attached hydrogens (primary N) is 1. The van der Waals surface area contributed by atoms with E-state index in [4.69, 9.17) is 5.73 Å². The quantitative estimate of drug-likeness (QED) is 0.842. The minimum Gasteiger partial charge on any atom is -0.326 e. The summed E-state index contributed by atoms with van der Waals surface area (Å²) in [5.41, 5.74) is 7.95. The van der Waals surface area contributed by atoms with Gasteiger partial charge in [-0.3, -0.25) is 0 Å². The molecule has 0 saturated heterocycles. The number of aromatic nitrogens is 2. The molecule has 5 nitrogen and oxygen atoms in total. The van der Waals surface area contributed by atoms with Crippen molar-refractivity contribution in [2.75, 3.05) is 6.26 Å². The third-order valence-corrected chi connectivity index (χ3v) is 4.14. The molecule has 0 aliphatic carbocycles. The summed E-state index contributed by atoms with van der Waals surface area (Å²) in [5, 5.41) is -0.684. The van der Waals surface area contributed by atoms with E-state index in [1.165, 1.54) is 6.26 Å². The minimum atomic E-state index is -3.17. The summed E-state index contributed by atoms with van der Waals surface area (Å²) in [6.07, 6.45) is 1.18. The summed E-state index contributed by atoms with van der Waals surface area (Å²) in [4.78, 5) is 8.40. The molecule has 0 saturated carbocycles.